The number of carboxylic acids is 1. The van der Waals surface area contributed by atoms with E-state index < -0.39 is 17.9 Å². The van der Waals surface area contributed by atoms with Crippen molar-refractivity contribution in [1.29, 1.82) is 0 Å². The van der Waals surface area contributed by atoms with Crippen LogP contribution in [0.5, 0.6) is 0 Å². The molecule has 0 aliphatic heterocycles. The highest BCUT2D eigenvalue weighted by Crippen LogP contribution is 2.31. The molecule has 110 valence electrons. The highest BCUT2D eigenvalue weighted by Gasteiger charge is 2.20. The first-order chi connectivity index (χ1) is 9.22. The Labute approximate surface area is 134 Å². The minimum atomic E-state index is -1.13. The minimum absolute atomic E-state index is 0.00338. The molecule has 1 rings (SSSR count). The summed E-state index contributed by atoms with van der Waals surface area (Å²) in [6, 6.07) is 2.42. The van der Waals surface area contributed by atoms with Crippen molar-refractivity contribution in [3.63, 3.8) is 0 Å². The smallest absolute Gasteiger partial charge is 0.337 e. The molecule has 1 aromatic rings. The van der Waals surface area contributed by atoms with Crippen molar-refractivity contribution in [3.05, 3.63) is 26.6 Å². The number of hydrogen-bond donors (Lipinski definition) is 3. The summed E-state index contributed by atoms with van der Waals surface area (Å²) in [6.07, 6.45) is 0.530. The van der Waals surface area contributed by atoms with Crippen molar-refractivity contribution in [3.8, 4) is 0 Å². The fraction of sp³-hybridized carbons (Fsp3) is 0.385. The van der Waals surface area contributed by atoms with Gasteiger partial charge in [-0.25, -0.2) is 4.79 Å². The molecule has 0 aliphatic rings. The number of carboxylic acid groups (broad SMARTS) is 1. The van der Waals surface area contributed by atoms with E-state index >= 15 is 0 Å². The zero-order chi connectivity index (χ0) is 15.4. The number of anilines is 1. The summed E-state index contributed by atoms with van der Waals surface area (Å²) in [5.74, 6) is -1.24. The molecule has 4 N–H and O–H groups in total. The van der Waals surface area contributed by atoms with E-state index in [-0.39, 0.29) is 17.2 Å². The number of hydrogen-bond acceptors (Lipinski definition) is 3. The van der Waals surface area contributed by atoms with Crippen molar-refractivity contribution < 1.29 is 14.7 Å². The number of carbonyl (C=O) groups is 2. The predicted molar refractivity (Wildman–Crippen MR) is 84.9 cm³/mol. The number of halogens is 2. The first-order valence-corrected chi connectivity index (χ1v) is 7.59. The second-order valence-corrected chi connectivity index (χ2v) is 6.61. The number of nitrogens with one attached hydrogen (secondary N) is 1. The number of carbonyl (C=O) groups excluding carboxylic acids is 1. The molecule has 0 saturated carbocycles. The maximum Gasteiger partial charge on any atom is 0.337 e. The number of amides is 1. The fourth-order valence-electron chi connectivity index (χ4n) is 1.70. The Morgan fingerprint density at radius 1 is 1.35 bits per heavy atom. The molecule has 7 heteroatoms. The van der Waals surface area contributed by atoms with E-state index in [9.17, 15) is 14.7 Å². The van der Waals surface area contributed by atoms with Crippen LogP contribution >= 0.6 is 31.9 Å². The minimum Gasteiger partial charge on any atom is -0.478 e. The number of nitrogens with two attached hydrogens (primary N) is 1. The van der Waals surface area contributed by atoms with Crippen molar-refractivity contribution in [2.45, 2.75) is 26.3 Å². The van der Waals surface area contributed by atoms with Crippen LogP contribution in [0.15, 0.2) is 21.1 Å². The van der Waals surface area contributed by atoms with Crippen LogP contribution in [0.25, 0.3) is 0 Å². The second kappa shape index (κ2) is 7.19. The lowest BCUT2D eigenvalue weighted by atomic mass is 10.0. The van der Waals surface area contributed by atoms with Gasteiger partial charge in [0.25, 0.3) is 0 Å². The normalized spacial score (nSPS) is 12.3. The first-order valence-electron chi connectivity index (χ1n) is 6.01. The molecule has 0 spiro atoms. The molecular formula is C13H16Br2N2O3. The molecule has 1 atom stereocenters. The van der Waals surface area contributed by atoms with Gasteiger partial charge in [-0.2, -0.15) is 0 Å². The van der Waals surface area contributed by atoms with Crippen LogP contribution in [0.1, 0.15) is 30.6 Å². The predicted octanol–water partition coefficient (Wildman–Crippen LogP) is 3.22. The maximum atomic E-state index is 12.0. The maximum absolute atomic E-state index is 12.0. The summed E-state index contributed by atoms with van der Waals surface area (Å²) in [5, 5.41) is 11.8. The van der Waals surface area contributed by atoms with Gasteiger partial charge in [0, 0.05) is 8.95 Å². The van der Waals surface area contributed by atoms with Crippen molar-refractivity contribution >= 4 is 49.4 Å². The zero-order valence-electron chi connectivity index (χ0n) is 11.1. The average molecular weight is 408 g/mol. The van der Waals surface area contributed by atoms with Gasteiger partial charge in [0.05, 0.1) is 17.3 Å². The third kappa shape index (κ3) is 4.57. The van der Waals surface area contributed by atoms with E-state index in [4.69, 9.17) is 5.73 Å². The first kappa shape index (κ1) is 17.1. The topological polar surface area (TPSA) is 92.4 Å². The summed E-state index contributed by atoms with van der Waals surface area (Å²) < 4.78 is 1.08. The van der Waals surface area contributed by atoms with E-state index in [0.717, 1.165) is 0 Å². The van der Waals surface area contributed by atoms with Crippen molar-refractivity contribution in [1.82, 2.24) is 0 Å². The van der Waals surface area contributed by atoms with E-state index in [1.807, 2.05) is 13.8 Å². The van der Waals surface area contributed by atoms with Crippen LogP contribution in [-0.2, 0) is 4.79 Å². The lowest BCUT2D eigenvalue weighted by molar-refractivity contribution is -0.117. The standard InChI is InChI=1S/C13H16Br2N2O3/c1-6(2)3-10(16)12(18)17-11-8(13(19)20)4-7(14)5-9(11)15/h4-6,10H,3,16H2,1-2H3,(H,17,18)(H,19,20)/t10-/m1/s1. The van der Waals surface area contributed by atoms with Crippen LogP contribution in [0.3, 0.4) is 0 Å². The van der Waals surface area contributed by atoms with E-state index in [1.165, 1.54) is 6.07 Å². The van der Waals surface area contributed by atoms with Gasteiger partial charge in [-0.3, -0.25) is 4.79 Å². The van der Waals surface area contributed by atoms with Gasteiger partial charge in [-0.15, -0.1) is 0 Å². The average Bonchev–Trinajstić information content (AvgIpc) is 2.30. The van der Waals surface area contributed by atoms with Gasteiger partial charge >= 0.3 is 5.97 Å². The van der Waals surface area contributed by atoms with Gasteiger partial charge in [-0.1, -0.05) is 29.8 Å². The van der Waals surface area contributed by atoms with Gasteiger partial charge in [0.15, 0.2) is 0 Å². The molecule has 0 aliphatic carbocycles. The Bertz CT molecular complexity index is 533. The Balaban J connectivity index is 3.03. The molecule has 20 heavy (non-hydrogen) atoms. The largest absolute Gasteiger partial charge is 0.478 e. The molecule has 0 aromatic heterocycles. The number of rotatable bonds is 5. The number of aromatic carboxylic acids is 1. The molecule has 5 nitrogen and oxygen atoms in total. The quantitative estimate of drug-likeness (QED) is 0.698. The van der Waals surface area contributed by atoms with Crippen molar-refractivity contribution in [2.75, 3.05) is 5.32 Å². The third-order valence-corrected chi connectivity index (χ3v) is 3.68. The SMILES string of the molecule is CC(C)C[C@@H](N)C(=O)Nc1c(Br)cc(Br)cc1C(=O)O. The van der Waals surface area contributed by atoms with E-state index in [1.54, 1.807) is 6.07 Å². The molecule has 1 amide bonds. The molecule has 0 unspecified atom stereocenters. The lowest BCUT2D eigenvalue weighted by Crippen LogP contribution is -2.37. The second-order valence-electron chi connectivity index (χ2n) is 4.84. The van der Waals surface area contributed by atoms with E-state index in [0.29, 0.717) is 15.4 Å². The van der Waals surface area contributed by atoms with Gasteiger partial charge in [-0.05, 0) is 40.4 Å². The third-order valence-electron chi connectivity index (χ3n) is 2.60. The molecule has 0 bridgehead atoms. The summed E-state index contributed by atoms with van der Waals surface area (Å²) >= 11 is 6.46. The highest BCUT2D eigenvalue weighted by atomic mass is 79.9. The van der Waals surface area contributed by atoms with Crippen LogP contribution in [0, 0.1) is 5.92 Å². The van der Waals surface area contributed by atoms with Crippen molar-refractivity contribution in [2.24, 2.45) is 11.7 Å². The number of benzene rings is 1. The van der Waals surface area contributed by atoms with Crippen LogP contribution in [0.2, 0.25) is 0 Å². The molecule has 0 heterocycles. The van der Waals surface area contributed by atoms with Crippen LogP contribution in [0.4, 0.5) is 5.69 Å². The van der Waals surface area contributed by atoms with Gasteiger partial charge in [0.1, 0.15) is 0 Å². The van der Waals surface area contributed by atoms with E-state index in [2.05, 4.69) is 37.2 Å². The zero-order valence-corrected chi connectivity index (χ0v) is 14.3. The Kier molecular flexibility index (Phi) is 6.16. The molecule has 0 saturated heterocycles. The molecule has 0 radical (unpaired) electrons. The Hall–Kier alpha value is -0.920. The summed E-state index contributed by atoms with van der Waals surface area (Å²) in [4.78, 5) is 23.2. The molecule has 0 fully saturated rings. The monoisotopic (exact) mass is 406 g/mol. The summed E-state index contributed by atoms with van der Waals surface area (Å²) in [6.45, 7) is 3.93. The summed E-state index contributed by atoms with van der Waals surface area (Å²) in [5.41, 5.74) is 6.00. The fourth-order valence-corrected chi connectivity index (χ4v) is 3.02. The Morgan fingerprint density at radius 2 is 1.95 bits per heavy atom. The highest BCUT2D eigenvalue weighted by molar-refractivity contribution is 9.11. The van der Waals surface area contributed by atoms with Crippen LogP contribution < -0.4 is 11.1 Å². The van der Waals surface area contributed by atoms with Gasteiger partial charge < -0.3 is 16.2 Å². The molecular weight excluding hydrogens is 392 g/mol. The summed E-state index contributed by atoms with van der Waals surface area (Å²) in [7, 11) is 0. The van der Waals surface area contributed by atoms with Crippen LogP contribution in [-0.4, -0.2) is 23.0 Å². The van der Waals surface area contributed by atoms with Gasteiger partial charge in [0.2, 0.25) is 5.91 Å². The lowest BCUT2D eigenvalue weighted by Gasteiger charge is -2.16. The molecule has 1 aromatic carbocycles. The Morgan fingerprint density at radius 3 is 2.45 bits per heavy atom.